The van der Waals surface area contributed by atoms with Crippen LogP contribution in [0.25, 0.3) is 0 Å². The number of amides is 6. The highest BCUT2D eigenvalue weighted by Gasteiger charge is 2.43. The molecule has 3 aliphatic heterocycles. The molecule has 306 valence electrons. The topological polar surface area (TPSA) is 356 Å². The molecule has 5 rings (SSSR count). The van der Waals surface area contributed by atoms with Gasteiger partial charge < -0.3 is 74.4 Å². The third kappa shape index (κ3) is 11.0. The molecule has 3 aliphatic rings. The van der Waals surface area contributed by atoms with E-state index in [9.17, 15) is 49.2 Å². The smallest absolute Gasteiger partial charge is 0.246 e. The van der Waals surface area contributed by atoms with Crippen LogP contribution in [0, 0.1) is 0 Å². The second kappa shape index (κ2) is 18.9. The number of aliphatic hydroxyl groups is 3. The summed E-state index contributed by atoms with van der Waals surface area (Å²) >= 11 is 0. The Morgan fingerprint density at radius 1 is 0.596 bits per heavy atom. The summed E-state index contributed by atoms with van der Waals surface area (Å²) in [6.45, 7) is -1.97. The van der Waals surface area contributed by atoms with Crippen LogP contribution in [0.1, 0.15) is 11.1 Å². The van der Waals surface area contributed by atoms with E-state index in [2.05, 4.69) is 52.5 Å². The highest BCUT2D eigenvalue weighted by Crippen LogP contribution is 2.14. The van der Waals surface area contributed by atoms with E-state index in [4.69, 9.17) is 11.5 Å². The van der Waals surface area contributed by atoms with Crippen molar-refractivity contribution in [2.45, 2.75) is 67.3 Å². The molecule has 9 atom stereocenters. The van der Waals surface area contributed by atoms with Crippen molar-refractivity contribution >= 4 is 47.4 Å². The minimum Gasteiger partial charge on any atom is -0.508 e. The minimum absolute atomic E-state index is 0.0655. The maximum Gasteiger partial charge on any atom is 0.246 e. The van der Waals surface area contributed by atoms with Gasteiger partial charge >= 0.3 is 0 Å². The molecule has 4 unspecified atom stereocenters. The number of carbonyl (C=O) groups is 6. The Kier molecular flexibility index (Phi) is 13.8. The third-order valence-electron chi connectivity index (χ3n) is 9.43. The number of rotatable bonds is 9. The monoisotopic (exact) mass is 794 g/mol. The number of aromatic hydroxyl groups is 1. The lowest BCUT2D eigenvalue weighted by atomic mass is 9.98. The maximum absolute atomic E-state index is 14.3. The summed E-state index contributed by atoms with van der Waals surface area (Å²) in [6.07, 6.45) is -3.90. The second-order valence-electron chi connectivity index (χ2n) is 13.6. The predicted molar refractivity (Wildman–Crippen MR) is 201 cm³/mol. The number of hydrogen-bond donors (Lipinski definition) is 14. The van der Waals surface area contributed by atoms with Gasteiger partial charge in [-0.15, -0.1) is 0 Å². The van der Waals surface area contributed by atoms with Crippen LogP contribution in [0.15, 0.2) is 64.6 Å². The van der Waals surface area contributed by atoms with Crippen molar-refractivity contribution in [2.24, 2.45) is 21.5 Å². The number of benzene rings is 2. The first kappa shape index (κ1) is 41.6. The molecule has 2 aromatic carbocycles. The van der Waals surface area contributed by atoms with Crippen LogP contribution in [0.5, 0.6) is 5.75 Å². The van der Waals surface area contributed by atoms with Crippen LogP contribution >= 0.6 is 0 Å². The molecule has 1 saturated heterocycles. The van der Waals surface area contributed by atoms with Gasteiger partial charge in [0, 0.05) is 12.8 Å². The molecule has 0 spiro atoms. The predicted octanol–water partition coefficient (Wildman–Crippen LogP) is -6.98. The van der Waals surface area contributed by atoms with Crippen molar-refractivity contribution in [2.75, 3.05) is 26.2 Å². The molecule has 0 saturated carbocycles. The molecule has 0 radical (unpaired) electrons. The lowest BCUT2D eigenvalue weighted by molar-refractivity contribution is -0.139. The fourth-order valence-electron chi connectivity index (χ4n) is 6.32. The number of carbonyl (C=O) groups excluding carboxylic acids is 6. The van der Waals surface area contributed by atoms with Crippen LogP contribution in [0.2, 0.25) is 0 Å². The molecule has 0 aromatic heterocycles. The molecule has 57 heavy (non-hydrogen) atoms. The van der Waals surface area contributed by atoms with Gasteiger partial charge in [-0.25, -0.2) is 0 Å². The van der Waals surface area contributed by atoms with Crippen molar-refractivity contribution in [3.8, 4) is 5.75 Å². The van der Waals surface area contributed by atoms with Crippen LogP contribution in [0.3, 0.4) is 0 Å². The number of nitrogens with zero attached hydrogens (tertiary/aromatic N) is 2. The first-order valence-electron chi connectivity index (χ1n) is 17.9. The molecule has 22 nitrogen and oxygen atoms in total. The number of phenols is 1. The molecule has 3 heterocycles. The van der Waals surface area contributed by atoms with Crippen LogP contribution in [-0.4, -0.2) is 149 Å². The number of aliphatic hydroxyl groups excluding tert-OH is 3. The zero-order valence-corrected chi connectivity index (χ0v) is 30.4. The summed E-state index contributed by atoms with van der Waals surface area (Å²) < 4.78 is 0. The number of nitrogens with two attached hydrogens (primary N) is 2. The van der Waals surface area contributed by atoms with E-state index in [-0.39, 0.29) is 43.6 Å². The highest BCUT2D eigenvalue weighted by molar-refractivity contribution is 5.98. The molecular weight excluding hydrogens is 748 g/mol. The summed E-state index contributed by atoms with van der Waals surface area (Å²) in [4.78, 5) is 90.5. The van der Waals surface area contributed by atoms with Gasteiger partial charge in [-0.2, -0.15) is 0 Å². The van der Waals surface area contributed by atoms with Crippen molar-refractivity contribution in [3.63, 3.8) is 0 Å². The minimum atomic E-state index is -1.93. The Bertz CT molecular complexity index is 1860. The lowest BCUT2D eigenvalue weighted by Crippen LogP contribution is -2.67. The van der Waals surface area contributed by atoms with Crippen molar-refractivity contribution < 1.29 is 49.2 Å². The van der Waals surface area contributed by atoms with E-state index in [1.807, 2.05) is 0 Å². The second-order valence-corrected chi connectivity index (χ2v) is 13.6. The largest absolute Gasteiger partial charge is 0.508 e. The third-order valence-corrected chi connectivity index (χ3v) is 9.43. The zero-order chi connectivity index (χ0) is 41.2. The normalized spacial score (nSPS) is 27.6. The Morgan fingerprint density at radius 2 is 1.07 bits per heavy atom. The molecule has 6 amide bonds. The van der Waals surface area contributed by atoms with Crippen molar-refractivity contribution in [1.82, 2.24) is 42.5 Å². The summed E-state index contributed by atoms with van der Waals surface area (Å²) in [6, 6.07) is 3.81. The fraction of sp³-hybridized carbons (Fsp3) is 0.429. The average Bonchev–Trinajstić information content (AvgIpc) is 3.84. The van der Waals surface area contributed by atoms with Gasteiger partial charge in [0.25, 0.3) is 0 Å². The van der Waals surface area contributed by atoms with Gasteiger partial charge in [0.1, 0.15) is 48.2 Å². The van der Waals surface area contributed by atoms with Crippen LogP contribution < -0.4 is 54.0 Å². The number of hydrogen-bond acceptors (Lipinski definition) is 16. The van der Waals surface area contributed by atoms with Gasteiger partial charge in [-0.05, 0) is 23.3 Å². The molecule has 16 N–H and O–H groups in total. The van der Waals surface area contributed by atoms with E-state index < -0.39 is 103 Å². The SMILES string of the molecule is NC1=NCC(C(O)[C@@H]2NC(=O)[C@@H](Cc3ccc(O)cc3)NC(=O)[C@H](Cc3ccccc3)NC(=O)CNC(=O)[C@H](CO)NC(=O)[C@@H](C(O)C3CN=C(N)N3)NC2=O)N1. The van der Waals surface area contributed by atoms with Gasteiger partial charge in [0.2, 0.25) is 35.4 Å². The van der Waals surface area contributed by atoms with Gasteiger partial charge in [0.15, 0.2) is 11.9 Å². The van der Waals surface area contributed by atoms with Crippen molar-refractivity contribution in [3.05, 3.63) is 65.7 Å². The molecule has 0 bridgehead atoms. The van der Waals surface area contributed by atoms with E-state index in [1.54, 1.807) is 30.3 Å². The highest BCUT2D eigenvalue weighted by atomic mass is 16.3. The maximum atomic E-state index is 14.3. The lowest BCUT2D eigenvalue weighted by Gasteiger charge is -2.33. The quantitative estimate of drug-likeness (QED) is 0.112. The Morgan fingerprint density at radius 3 is 1.60 bits per heavy atom. The molecule has 0 aliphatic carbocycles. The van der Waals surface area contributed by atoms with Crippen LogP contribution in [-0.2, 0) is 41.6 Å². The molecule has 2 aromatic rings. The standard InChI is InChI=1S/C35H46N12O10/c36-34-39-12-21(44-34)27(51)25-32(56)43-23(15-48)29(53)38-14-24(50)41-19(10-16-4-2-1-3-5-16)30(54)42-20(11-17-6-8-18(49)9-7-17)31(55)46-26(33(57)47-25)28(52)22-13-40-35(37)45-22/h1-9,19-23,25-28,48-49,51-52H,10-15H2,(H,38,53)(H,41,50)(H,42,54)(H,43,56)(H,46,55)(H,47,57)(H3,36,39,44)(H3,37,40,45)/t19-,20+,21?,22?,23-,25+,26-,27?,28?/m0/s1. The van der Waals surface area contributed by atoms with Gasteiger partial charge in [0.05, 0.1) is 38.3 Å². The summed E-state index contributed by atoms with van der Waals surface area (Å²) in [5, 5.41) is 62.7. The molecule has 22 heteroatoms. The number of aliphatic imine (C=N–C) groups is 2. The first-order chi connectivity index (χ1) is 27.2. The fourth-order valence-corrected chi connectivity index (χ4v) is 6.32. The van der Waals surface area contributed by atoms with Gasteiger partial charge in [-0.3, -0.25) is 38.8 Å². The number of guanidine groups is 2. The Balaban J connectivity index is 1.54. The number of nitrogens with one attached hydrogen (secondary N) is 8. The summed E-state index contributed by atoms with van der Waals surface area (Å²) in [5.74, 6) is -6.32. The average molecular weight is 795 g/mol. The van der Waals surface area contributed by atoms with Crippen LogP contribution in [0.4, 0.5) is 0 Å². The summed E-state index contributed by atoms with van der Waals surface area (Å²) in [7, 11) is 0. The molecular formula is C35H46N12O10. The van der Waals surface area contributed by atoms with E-state index in [0.717, 1.165) is 0 Å². The summed E-state index contributed by atoms with van der Waals surface area (Å²) in [5.41, 5.74) is 12.5. The Labute approximate surface area is 325 Å². The molecule has 1 fully saturated rings. The van der Waals surface area contributed by atoms with E-state index >= 15 is 0 Å². The van der Waals surface area contributed by atoms with E-state index in [1.165, 1.54) is 24.3 Å². The van der Waals surface area contributed by atoms with Gasteiger partial charge in [-0.1, -0.05) is 42.5 Å². The van der Waals surface area contributed by atoms with Crippen molar-refractivity contribution in [1.29, 1.82) is 0 Å². The first-order valence-corrected chi connectivity index (χ1v) is 17.9. The Hall–Kier alpha value is -6.52. The van der Waals surface area contributed by atoms with E-state index in [0.29, 0.717) is 11.1 Å². The zero-order valence-electron chi connectivity index (χ0n) is 30.4. The number of phenolic OH excluding ortho intramolecular Hbond substituents is 1.